The van der Waals surface area contributed by atoms with Gasteiger partial charge < -0.3 is 19.7 Å². The van der Waals surface area contributed by atoms with E-state index in [-0.39, 0.29) is 17.4 Å². The van der Waals surface area contributed by atoms with Crippen LogP contribution in [-0.4, -0.2) is 34.9 Å². The SMILES string of the molecule is O=C(N/C(=C\c1ccccc1)C(=O)N1CCC(O)(c2ccc(Br)cc2)CC1)c1ccco1. The molecular weight excluding hydrogens is 472 g/mol. The van der Waals surface area contributed by atoms with Crippen molar-refractivity contribution in [2.75, 3.05) is 13.1 Å². The van der Waals surface area contributed by atoms with Gasteiger partial charge in [0.1, 0.15) is 5.70 Å². The zero-order chi connectivity index (χ0) is 22.6. The molecule has 0 spiro atoms. The van der Waals surface area contributed by atoms with Crippen LogP contribution in [0.15, 0.2) is 87.6 Å². The average Bonchev–Trinajstić information content (AvgIpc) is 3.35. The summed E-state index contributed by atoms with van der Waals surface area (Å²) in [7, 11) is 0. The van der Waals surface area contributed by atoms with Crippen molar-refractivity contribution in [1.29, 1.82) is 0 Å². The van der Waals surface area contributed by atoms with E-state index >= 15 is 0 Å². The molecule has 2 heterocycles. The number of carbonyl (C=O) groups excluding carboxylic acids is 2. The molecule has 2 amide bonds. The van der Waals surface area contributed by atoms with Gasteiger partial charge >= 0.3 is 0 Å². The van der Waals surface area contributed by atoms with E-state index in [0.29, 0.717) is 25.9 Å². The molecule has 0 aliphatic carbocycles. The number of amides is 2. The van der Waals surface area contributed by atoms with E-state index in [1.54, 1.807) is 23.1 Å². The highest BCUT2D eigenvalue weighted by atomic mass is 79.9. The van der Waals surface area contributed by atoms with E-state index in [1.807, 2.05) is 54.6 Å². The number of rotatable bonds is 5. The molecule has 1 saturated heterocycles. The number of carbonyl (C=O) groups is 2. The third kappa shape index (κ3) is 5.00. The Hall–Kier alpha value is -3.16. The molecule has 164 valence electrons. The van der Waals surface area contributed by atoms with Crippen LogP contribution in [0.25, 0.3) is 6.08 Å². The van der Waals surface area contributed by atoms with Crippen LogP contribution in [0.3, 0.4) is 0 Å². The highest BCUT2D eigenvalue weighted by Crippen LogP contribution is 2.33. The number of aliphatic hydroxyl groups is 1. The molecule has 1 aromatic heterocycles. The highest BCUT2D eigenvalue weighted by molar-refractivity contribution is 9.10. The highest BCUT2D eigenvalue weighted by Gasteiger charge is 2.36. The molecule has 32 heavy (non-hydrogen) atoms. The number of furan rings is 1. The minimum absolute atomic E-state index is 0.125. The summed E-state index contributed by atoms with van der Waals surface area (Å²) in [5.74, 6) is -0.666. The van der Waals surface area contributed by atoms with Crippen molar-refractivity contribution in [3.63, 3.8) is 0 Å². The Morgan fingerprint density at radius 3 is 2.31 bits per heavy atom. The van der Waals surface area contributed by atoms with Gasteiger partial charge in [0.05, 0.1) is 11.9 Å². The molecule has 1 aliphatic rings. The van der Waals surface area contributed by atoms with Gasteiger partial charge in [-0.2, -0.15) is 0 Å². The summed E-state index contributed by atoms with van der Waals surface area (Å²) in [4.78, 5) is 27.5. The van der Waals surface area contributed by atoms with Crippen molar-refractivity contribution in [2.24, 2.45) is 0 Å². The topological polar surface area (TPSA) is 82.8 Å². The number of halogens is 1. The summed E-state index contributed by atoms with van der Waals surface area (Å²) >= 11 is 3.41. The predicted octanol–water partition coefficient (Wildman–Crippen LogP) is 4.32. The maximum Gasteiger partial charge on any atom is 0.291 e. The molecule has 3 aromatic rings. The van der Waals surface area contributed by atoms with Crippen molar-refractivity contribution < 1.29 is 19.1 Å². The van der Waals surface area contributed by atoms with Crippen LogP contribution in [0.1, 0.15) is 34.5 Å². The van der Waals surface area contributed by atoms with E-state index in [9.17, 15) is 14.7 Å². The summed E-state index contributed by atoms with van der Waals surface area (Å²) in [6.45, 7) is 0.738. The van der Waals surface area contributed by atoms with Crippen LogP contribution in [0.4, 0.5) is 0 Å². The minimum Gasteiger partial charge on any atom is -0.459 e. The first-order valence-electron chi connectivity index (χ1n) is 10.3. The molecule has 0 unspecified atom stereocenters. The van der Waals surface area contributed by atoms with Crippen molar-refractivity contribution in [1.82, 2.24) is 10.2 Å². The monoisotopic (exact) mass is 494 g/mol. The van der Waals surface area contributed by atoms with E-state index in [2.05, 4.69) is 21.2 Å². The van der Waals surface area contributed by atoms with Gasteiger partial charge in [-0.05, 0) is 54.3 Å². The van der Waals surface area contributed by atoms with Crippen molar-refractivity contribution in [3.8, 4) is 0 Å². The summed E-state index contributed by atoms with van der Waals surface area (Å²) in [6.07, 6.45) is 3.87. The lowest BCUT2D eigenvalue weighted by Gasteiger charge is -2.38. The third-order valence-electron chi connectivity index (χ3n) is 5.59. The van der Waals surface area contributed by atoms with Gasteiger partial charge in [0, 0.05) is 17.6 Å². The number of piperidine rings is 1. The summed E-state index contributed by atoms with van der Waals surface area (Å²) in [5.41, 5.74) is 0.794. The zero-order valence-corrected chi connectivity index (χ0v) is 18.9. The van der Waals surface area contributed by atoms with Gasteiger partial charge in [-0.25, -0.2) is 0 Å². The molecule has 6 nitrogen and oxygen atoms in total. The fourth-order valence-electron chi connectivity index (χ4n) is 3.76. The Bertz CT molecular complexity index is 1100. The van der Waals surface area contributed by atoms with Crippen LogP contribution >= 0.6 is 15.9 Å². The van der Waals surface area contributed by atoms with E-state index in [4.69, 9.17) is 4.42 Å². The van der Waals surface area contributed by atoms with Gasteiger partial charge in [0.15, 0.2) is 5.76 Å². The molecule has 0 atom stereocenters. The van der Waals surface area contributed by atoms with Crippen LogP contribution < -0.4 is 5.32 Å². The summed E-state index contributed by atoms with van der Waals surface area (Å²) in [5, 5.41) is 13.8. The molecule has 0 radical (unpaired) electrons. The number of hydrogen-bond acceptors (Lipinski definition) is 4. The van der Waals surface area contributed by atoms with Gasteiger partial charge in [-0.3, -0.25) is 9.59 Å². The molecule has 1 aliphatic heterocycles. The Balaban J connectivity index is 1.51. The number of nitrogens with one attached hydrogen (secondary N) is 1. The smallest absolute Gasteiger partial charge is 0.291 e. The summed E-state index contributed by atoms with van der Waals surface area (Å²) in [6, 6.07) is 20.1. The van der Waals surface area contributed by atoms with Gasteiger partial charge in [-0.15, -0.1) is 0 Å². The molecule has 0 saturated carbocycles. The second-order valence-corrected chi connectivity index (χ2v) is 8.65. The lowest BCUT2D eigenvalue weighted by atomic mass is 9.84. The molecule has 1 fully saturated rings. The fourth-order valence-corrected chi connectivity index (χ4v) is 4.02. The standard InChI is InChI=1S/C25H23BrN2O4/c26-20-10-8-19(9-11-20)25(31)12-14-28(15-13-25)24(30)21(17-18-5-2-1-3-6-18)27-23(29)22-7-4-16-32-22/h1-11,16-17,31H,12-15H2,(H,27,29)/b21-17-. The van der Waals surface area contributed by atoms with E-state index in [1.165, 1.54) is 6.26 Å². The van der Waals surface area contributed by atoms with Crippen LogP contribution in [0.2, 0.25) is 0 Å². The van der Waals surface area contributed by atoms with Gasteiger partial charge in [-0.1, -0.05) is 58.4 Å². The van der Waals surface area contributed by atoms with E-state index < -0.39 is 11.5 Å². The first-order chi connectivity index (χ1) is 15.4. The van der Waals surface area contributed by atoms with Gasteiger partial charge in [0.25, 0.3) is 11.8 Å². The van der Waals surface area contributed by atoms with E-state index in [0.717, 1.165) is 15.6 Å². The number of nitrogens with zero attached hydrogens (tertiary/aromatic N) is 1. The fraction of sp³-hybridized carbons (Fsp3) is 0.200. The molecule has 2 aromatic carbocycles. The normalized spacial score (nSPS) is 15.9. The van der Waals surface area contributed by atoms with Crippen LogP contribution in [0.5, 0.6) is 0 Å². The largest absolute Gasteiger partial charge is 0.459 e. The third-order valence-corrected chi connectivity index (χ3v) is 6.12. The molecule has 4 rings (SSSR count). The lowest BCUT2D eigenvalue weighted by molar-refractivity contribution is -0.131. The maximum absolute atomic E-state index is 13.3. The first-order valence-corrected chi connectivity index (χ1v) is 11.1. The maximum atomic E-state index is 13.3. The average molecular weight is 495 g/mol. The molecule has 7 heteroatoms. The zero-order valence-electron chi connectivity index (χ0n) is 17.3. The van der Waals surface area contributed by atoms with Crippen LogP contribution in [-0.2, 0) is 10.4 Å². The van der Waals surface area contributed by atoms with Gasteiger partial charge in [0.2, 0.25) is 0 Å². The Kier molecular flexibility index (Phi) is 6.58. The van der Waals surface area contributed by atoms with Crippen molar-refractivity contribution >= 4 is 33.8 Å². The lowest BCUT2D eigenvalue weighted by Crippen LogP contribution is -2.47. The Morgan fingerprint density at radius 1 is 1.00 bits per heavy atom. The Morgan fingerprint density at radius 2 is 1.69 bits per heavy atom. The quantitative estimate of drug-likeness (QED) is 0.517. The molecular formula is C25H23BrN2O4. The second kappa shape index (κ2) is 9.54. The predicted molar refractivity (Wildman–Crippen MR) is 124 cm³/mol. The first kappa shape index (κ1) is 22.0. The minimum atomic E-state index is -0.988. The Labute approximate surface area is 194 Å². The number of benzene rings is 2. The molecule has 2 N–H and O–H groups in total. The van der Waals surface area contributed by atoms with Crippen molar-refractivity contribution in [2.45, 2.75) is 18.4 Å². The number of likely N-dealkylation sites (tertiary alicyclic amines) is 1. The molecule has 0 bridgehead atoms. The van der Waals surface area contributed by atoms with Crippen molar-refractivity contribution in [3.05, 3.63) is 100 Å². The summed E-state index contributed by atoms with van der Waals surface area (Å²) < 4.78 is 6.10. The number of hydrogen-bond donors (Lipinski definition) is 2. The second-order valence-electron chi connectivity index (χ2n) is 7.73. The van der Waals surface area contributed by atoms with Crippen LogP contribution in [0, 0.1) is 0 Å².